The first-order chi connectivity index (χ1) is 14.8. The van der Waals surface area contributed by atoms with E-state index in [0.29, 0.717) is 35.6 Å². The first-order valence-electron chi connectivity index (χ1n) is 10.3. The number of hydrogen-bond donors (Lipinski definition) is 2. The third kappa shape index (κ3) is 4.07. The van der Waals surface area contributed by atoms with Crippen molar-refractivity contribution < 1.29 is 33.6 Å². The van der Waals surface area contributed by atoms with Crippen LogP contribution >= 0.6 is 23.2 Å². The van der Waals surface area contributed by atoms with Crippen LogP contribution in [0.15, 0.2) is 6.07 Å². The van der Waals surface area contributed by atoms with Gasteiger partial charge in [-0.2, -0.15) is 4.98 Å². The number of amides is 1. The van der Waals surface area contributed by atoms with Crippen LogP contribution < -0.4 is 39.1 Å². The number of aromatic carboxylic acids is 1. The Labute approximate surface area is 207 Å². The first-order valence-corrected chi connectivity index (χ1v) is 11.0. The van der Waals surface area contributed by atoms with E-state index in [1.54, 1.807) is 6.92 Å². The molecule has 2 N–H and O–H groups in total. The molecule has 12 heteroatoms. The number of anilines is 2. The molecule has 3 atom stereocenters. The number of carboxylic acid groups (broad SMARTS) is 1. The average molecular weight is 471 g/mol. The summed E-state index contributed by atoms with van der Waals surface area (Å²) in [5.74, 6) is -0.0212. The molecule has 9 nitrogen and oxygen atoms in total. The van der Waals surface area contributed by atoms with Gasteiger partial charge in [0.25, 0.3) is 5.91 Å². The Morgan fingerprint density at radius 1 is 1.12 bits per heavy atom. The number of H-pyrrole nitrogens is 1. The number of carboxylic acids is 1. The maximum Gasteiger partial charge on any atom is 1.00 e. The Kier molecular flexibility index (Phi) is 6.38. The van der Waals surface area contributed by atoms with Crippen molar-refractivity contribution in [3.05, 3.63) is 33.2 Å². The van der Waals surface area contributed by atoms with Gasteiger partial charge in [-0.1, -0.05) is 23.2 Å². The fourth-order valence-electron chi connectivity index (χ4n) is 4.63. The summed E-state index contributed by atoms with van der Waals surface area (Å²) in [7, 11) is 0. The van der Waals surface area contributed by atoms with Crippen LogP contribution in [0.2, 0.25) is 10.0 Å². The predicted octanol–water partition coefficient (Wildman–Crippen LogP) is -1.75. The minimum atomic E-state index is -1.31. The van der Waals surface area contributed by atoms with E-state index in [1.165, 1.54) is 6.07 Å². The van der Waals surface area contributed by atoms with Crippen molar-refractivity contribution in [3.8, 4) is 0 Å². The predicted molar refractivity (Wildman–Crippen MR) is 114 cm³/mol. The van der Waals surface area contributed by atoms with Crippen molar-refractivity contribution in [3.63, 3.8) is 0 Å². The molecular formula is C20H21Cl2LiN6O3. The molecule has 1 unspecified atom stereocenters. The molecule has 1 amide bonds. The average Bonchev–Trinajstić information content (AvgIpc) is 3.21. The smallest absolute Gasteiger partial charge is 0.543 e. The summed E-state index contributed by atoms with van der Waals surface area (Å²) in [6.07, 6.45) is 2.08. The number of halogens is 2. The second-order valence-corrected chi connectivity index (χ2v) is 9.13. The van der Waals surface area contributed by atoms with Crippen LogP contribution in [0.5, 0.6) is 0 Å². The van der Waals surface area contributed by atoms with E-state index in [2.05, 4.69) is 20.3 Å². The summed E-state index contributed by atoms with van der Waals surface area (Å²) in [5.41, 5.74) is 0.821. The number of hydrogen-bond acceptors (Lipinski definition) is 7. The van der Waals surface area contributed by atoms with E-state index in [9.17, 15) is 14.7 Å². The van der Waals surface area contributed by atoms with Crippen molar-refractivity contribution in [2.75, 3.05) is 36.0 Å². The zero-order valence-corrected chi connectivity index (χ0v) is 19.3. The number of aromatic amines is 1. The second-order valence-electron chi connectivity index (χ2n) is 8.38. The van der Waals surface area contributed by atoms with Gasteiger partial charge in [0.15, 0.2) is 0 Å². The third-order valence-corrected chi connectivity index (χ3v) is 7.34. The number of aromatic nitrogens is 3. The molecule has 32 heavy (non-hydrogen) atoms. The maximum absolute atomic E-state index is 12.6. The maximum atomic E-state index is 12.6. The molecule has 2 saturated heterocycles. The van der Waals surface area contributed by atoms with Crippen molar-refractivity contribution in [1.29, 1.82) is 0 Å². The number of fused-ring (bicyclic) bond motifs is 1. The quantitative estimate of drug-likeness (QED) is 0.497. The number of piperidine rings is 1. The van der Waals surface area contributed by atoms with Crippen LogP contribution in [0.1, 0.15) is 39.5 Å². The Bertz CT molecular complexity index is 1060. The number of carbonyl (C=O) groups excluding carboxylic acids is 2. The van der Waals surface area contributed by atoms with Gasteiger partial charge in [-0.25, -0.2) is 4.98 Å². The second kappa shape index (κ2) is 8.79. The van der Waals surface area contributed by atoms with E-state index in [1.807, 2.05) is 9.80 Å². The molecule has 3 fully saturated rings. The van der Waals surface area contributed by atoms with Gasteiger partial charge in [0.2, 0.25) is 5.95 Å². The van der Waals surface area contributed by atoms with Gasteiger partial charge >= 0.3 is 18.9 Å². The molecule has 0 spiro atoms. The first kappa shape index (κ1) is 23.2. The minimum Gasteiger partial charge on any atom is -0.543 e. The fourth-order valence-corrected chi connectivity index (χ4v) is 5.04. The number of rotatable bonds is 5. The number of carbonyl (C=O) groups is 2. The Balaban J connectivity index is 0.00000245. The van der Waals surface area contributed by atoms with E-state index >= 15 is 0 Å². The zero-order chi connectivity index (χ0) is 21.9. The summed E-state index contributed by atoms with van der Waals surface area (Å²) in [4.78, 5) is 39.8. The van der Waals surface area contributed by atoms with Crippen LogP contribution in [-0.2, 0) is 0 Å². The molecule has 0 bridgehead atoms. The van der Waals surface area contributed by atoms with Crippen molar-refractivity contribution in [2.24, 2.45) is 11.8 Å². The molecule has 1 aliphatic carbocycles. The van der Waals surface area contributed by atoms with E-state index in [4.69, 9.17) is 23.2 Å². The Hall–Kier alpha value is -1.92. The molecule has 1 saturated carbocycles. The molecule has 2 aliphatic heterocycles. The van der Waals surface area contributed by atoms with Gasteiger partial charge in [0.1, 0.15) is 11.5 Å². The molecule has 2 aromatic rings. The summed E-state index contributed by atoms with van der Waals surface area (Å²) in [5, 5.41) is 15.1. The molecule has 2 aromatic heterocycles. The Morgan fingerprint density at radius 3 is 2.34 bits per heavy atom. The van der Waals surface area contributed by atoms with Gasteiger partial charge < -0.3 is 30.0 Å². The van der Waals surface area contributed by atoms with Crippen LogP contribution in [0.4, 0.5) is 11.8 Å². The molecule has 4 heterocycles. The zero-order valence-electron chi connectivity index (χ0n) is 17.8. The molecule has 0 aromatic carbocycles. The van der Waals surface area contributed by atoms with Crippen LogP contribution in [0.25, 0.3) is 0 Å². The van der Waals surface area contributed by atoms with Crippen molar-refractivity contribution in [1.82, 2.24) is 20.3 Å². The van der Waals surface area contributed by atoms with Crippen molar-refractivity contribution >= 4 is 46.8 Å². The molecule has 0 radical (unpaired) electrons. The molecule has 3 aliphatic rings. The van der Waals surface area contributed by atoms with Crippen molar-refractivity contribution in [2.45, 2.75) is 25.8 Å². The van der Waals surface area contributed by atoms with Crippen LogP contribution in [0.3, 0.4) is 0 Å². The summed E-state index contributed by atoms with van der Waals surface area (Å²) in [6, 6.07) is 1.51. The molecule has 5 rings (SSSR count). The van der Waals surface area contributed by atoms with Gasteiger partial charge in [-0.15, -0.1) is 0 Å². The SMILES string of the molecule is Cc1[nH]c(C(=O)NC2[C@H]3CN(c4cc(C(=O)[O-])nc(N5CCCC5)n4)C[C@@H]23)c(Cl)c1Cl.[Li+]. The van der Waals surface area contributed by atoms with Gasteiger partial charge in [-0.3, -0.25) is 4.79 Å². The summed E-state index contributed by atoms with van der Waals surface area (Å²) in [6.45, 7) is 4.75. The van der Waals surface area contributed by atoms with E-state index in [0.717, 1.165) is 25.9 Å². The molecule has 164 valence electrons. The van der Waals surface area contributed by atoms with Crippen LogP contribution in [0, 0.1) is 18.8 Å². The topological polar surface area (TPSA) is 117 Å². The normalized spacial score (nSPS) is 23.7. The molecular weight excluding hydrogens is 450 g/mol. The minimum absolute atomic E-state index is 0. The third-order valence-electron chi connectivity index (χ3n) is 6.40. The number of nitrogens with one attached hydrogen (secondary N) is 2. The van der Waals surface area contributed by atoms with Gasteiger partial charge in [0.05, 0.1) is 21.7 Å². The summed E-state index contributed by atoms with van der Waals surface area (Å²) < 4.78 is 0. The van der Waals surface area contributed by atoms with E-state index in [-0.39, 0.29) is 59.1 Å². The van der Waals surface area contributed by atoms with Crippen LogP contribution in [-0.4, -0.2) is 59.0 Å². The Morgan fingerprint density at radius 2 is 1.78 bits per heavy atom. The summed E-state index contributed by atoms with van der Waals surface area (Å²) >= 11 is 12.2. The van der Waals surface area contributed by atoms with Gasteiger partial charge in [0, 0.05) is 55.8 Å². The van der Waals surface area contributed by atoms with Gasteiger partial charge in [-0.05, 0) is 19.8 Å². The largest absolute Gasteiger partial charge is 1.00 e. The fraction of sp³-hybridized carbons (Fsp3) is 0.500. The monoisotopic (exact) mass is 470 g/mol. The number of nitrogens with zero attached hydrogens (tertiary/aromatic N) is 4. The standard InChI is InChI=1S/C20H22Cl2N6O3.Li/c1-9-14(21)15(22)17(23-9)18(29)26-16-10-7-28(8-11(10)16)13-6-12(19(30)31)24-20(25-13)27-4-2-3-5-27;/h6,10-11,16,23H,2-5,7-8H2,1H3,(H,26,29)(H,30,31);/q;+1/p-1/t10-,11+,16?;. The number of aryl methyl sites for hydroxylation is 1. The van der Waals surface area contributed by atoms with E-state index < -0.39 is 5.97 Å².